The molecule has 0 fully saturated rings. The summed E-state index contributed by atoms with van der Waals surface area (Å²) < 4.78 is 1.85. The van der Waals surface area contributed by atoms with E-state index in [2.05, 4.69) is 17.3 Å². The Morgan fingerprint density at radius 1 is 1.67 bits per heavy atom. The van der Waals surface area contributed by atoms with Crippen molar-refractivity contribution in [2.45, 2.75) is 26.8 Å². The second-order valence-electron chi connectivity index (χ2n) is 4.18. The third kappa shape index (κ3) is 1.69. The molecule has 1 atom stereocenters. The minimum absolute atomic E-state index is 0.407. The first-order valence-electron chi connectivity index (χ1n) is 5.20. The van der Waals surface area contributed by atoms with Crippen LogP contribution in [0.2, 0.25) is 0 Å². The second kappa shape index (κ2) is 3.56. The number of primary amides is 1. The van der Waals surface area contributed by atoms with Crippen LogP contribution >= 0.6 is 0 Å². The minimum Gasteiger partial charge on any atom is -0.370 e. The molecule has 0 aromatic carbocycles. The van der Waals surface area contributed by atoms with Crippen LogP contribution in [0.25, 0.3) is 0 Å². The van der Waals surface area contributed by atoms with E-state index in [9.17, 15) is 4.79 Å². The van der Waals surface area contributed by atoms with E-state index in [1.165, 1.54) is 0 Å². The lowest BCUT2D eigenvalue weighted by molar-refractivity contribution is 0.100. The van der Waals surface area contributed by atoms with E-state index >= 15 is 0 Å². The van der Waals surface area contributed by atoms with Crippen LogP contribution in [0.3, 0.4) is 0 Å². The Labute approximate surface area is 88.6 Å². The maximum absolute atomic E-state index is 11.3. The standard InChI is InChI=1S/C10H16N4O/c1-6-3-4-12-10-8(9(11)15)7(2)13-14(10)5-6/h6,12H,3-5H2,1-2H3,(H2,11,15). The normalized spacial score (nSPS) is 20.3. The van der Waals surface area contributed by atoms with Gasteiger partial charge in [-0.25, -0.2) is 4.68 Å². The molecule has 0 saturated carbocycles. The Hall–Kier alpha value is -1.52. The topological polar surface area (TPSA) is 72.9 Å². The Kier molecular flexibility index (Phi) is 2.38. The van der Waals surface area contributed by atoms with Crippen molar-refractivity contribution in [1.29, 1.82) is 0 Å². The fourth-order valence-electron chi connectivity index (χ4n) is 2.01. The summed E-state index contributed by atoms with van der Waals surface area (Å²) >= 11 is 0. The van der Waals surface area contributed by atoms with Gasteiger partial charge < -0.3 is 11.1 Å². The fraction of sp³-hybridized carbons (Fsp3) is 0.600. The highest BCUT2D eigenvalue weighted by Crippen LogP contribution is 2.23. The number of carbonyl (C=O) groups is 1. The van der Waals surface area contributed by atoms with Gasteiger partial charge in [-0.1, -0.05) is 6.92 Å². The molecule has 0 spiro atoms. The number of nitrogens with one attached hydrogen (secondary N) is 1. The van der Waals surface area contributed by atoms with Crippen molar-refractivity contribution >= 4 is 11.7 Å². The van der Waals surface area contributed by atoms with Crippen molar-refractivity contribution in [2.75, 3.05) is 11.9 Å². The molecule has 0 saturated heterocycles. The average Bonchev–Trinajstić information content (AvgIpc) is 2.31. The molecule has 1 amide bonds. The zero-order valence-corrected chi connectivity index (χ0v) is 9.08. The summed E-state index contributed by atoms with van der Waals surface area (Å²) in [6, 6.07) is 0. The van der Waals surface area contributed by atoms with Crippen LogP contribution in [0.15, 0.2) is 0 Å². The first-order valence-corrected chi connectivity index (χ1v) is 5.20. The molecule has 1 aliphatic heterocycles. The van der Waals surface area contributed by atoms with Crippen molar-refractivity contribution in [3.8, 4) is 0 Å². The van der Waals surface area contributed by atoms with Gasteiger partial charge in [0.15, 0.2) is 0 Å². The molecular weight excluding hydrogens is 192 g/mol. The summed E-state index contributed by atoms with van der Waals surface area (Å²) in [4.78, 5) is 11.3. The Morgan fingerprint density at radius 3 is 3.07 bits per heavy atom. The summed E-state index contributed by atoms with van der Waals surface area (Å²) in [5.41, 5.74) is 6.58. The number of fused-ring (bicyclic) bond motifs is 1. The van der Waals surface area contributed by atoms with Crippen LogP contribution in [0, 0.1) is 12.8 Å². The fourth-order valence-corrected chi connectivity index (χ4v) is 2.01. The predicted molar refractivity (Wildman–Crippen MR) is 57.8 cm³/mol. The smallest absolute Gasteiger partial charge is 0.254 e. The molecular formula is C10H16N4O. The zero-order valence-electron chi connectivity index (χ0n) is 9.08. The molecule has 1 unspecified atom stereocenters. The number of nitrogens with two attached hydrogens (primary N) is 1. The first kappa shape index (κ1) is 10.0. The van der Waals surface area contributed by atoms with Gasteiger partial charge in [0.25, 0.3) is 5.91 Å². The highest BCUT2D eigenvalue weighted by molar-refractivity contribution is 5.98. The number of hydrogen-bond donors (Lipinski definition) is 2. The van der Waals surface area contributed by atoms with Crippen molar-refractivity contribution in [1.82, 2.24) is 9.78 Å². The molecule has 3 N–H and O–H groups in total. The van der Waals surface area contributed by atoms with E-state index in [0.29, 0.717) is 17.2 Å². The van der Waals surface area contributed by atoms with Gasteiger partial charge in [-0.05, 0) is 19.3 Å². The highest BCUT2D eigenvalue weighted by Gasteiger charge is 2.22. The van der Waals surface area contributed by atoms with Crippen molar-refractivity contribution in [3.63, 3.8) is 0 Å². The summed E-state index contributed by atoms with van der Waals surface area (Å²) in [5, 5.41) is 7.56. The molecule has 15 heavy (non-hydrogen) atoms. The van der Waals surface area contributed by atoms with Crippen LogP contribution in [0.5, 0.6) is 0 Å². The molecule has 82 valence electrons. The van der Waals surface area contributed by atoms with Crippen LogP contribution in [0.4, 0.5) is 5.82 Å². The lowest BCUT2D eigenvalue weighted by Crippen LogP contribution is -2.15. The molecule has 0 bridgehead atoms. The van der Waals surface area contributed by atoms with Crippen LogP contribution < -0.4 is 11.1 Å². The number of hydrogen-bond acceptors (Lipinski definition) is 3. The monoisotopic (exact) mass is 208 g/mol. The quantitative estimate of drug-likeness (QED) is 0.715. The molecule has 1 aromatic heterocycles. The molecule has 1 aliphatic rings. The van der Waals surface area contributed by atoms with Gasteiger partial charge in [0, 0.05) is 13.1 Å². The molecule has 1 aromatic rings. The Morgan fingerprint density at radius 2 is 2.40 bits per heavy atom. The van der Waals surface area contributed by atoms with E-state index in [1.54, 1.807) is 0 Å². The number of amides is 1. The largest absolute Gasteiger partial charge is 0.370 e. The van der Waals surface area contributed by atoms with Crippen LogP contribution in [0.1, 0.15) is 29.4 Å². The van der Waals surface area contributed by atoms with Gasteiger partial charge in [0.1, 0.15) is 11.4 Å². The number of nitrogens with zero attached hydrogens (tertiary/aromatic N) is 2. The summed E-state index contributed by atoms with van der Waals surface area (Å²) in [6.07, 6.45) is 1.08. The van der Waals surface area contributed by atoms with Gasteiger partial charge in [-0.2, -0.15) is 5.10 Å². The van der Waals surface area contributed by atoms with Crippen molar-refractivity contribution in [2.24, 2.45) is 11.7 Å². The molecule has 0 radical (unpaired) electrons. The van der Waals surface area contributed by atoms with Gasteiger partial charge in [0.05, 0.1) is 5.69 Å². The van der Waals surface area contributed by atoms with Crippen molar-refractivity contribution < 1.29 is 4.79 Å². The SMILES string of the molecule is Cc1nn2c(c1C(N)=O)NCCC(C)C2. The molecule has 2 heterocycles. The van der Waals surface area contributed by atoms with Crippen LogP contribution in [-0.4, -0.2) is 22.2 Å². The average molecular weight is 208 g/mol. The molecule has 0 aliphatic carbocycles. The minimum atomic E-state index is -0.407. The lowest BCUT2D eigenvalue weighted by atomic mass is 10.1. The number of aromatic nitrogens is 2. The number of aryl methyl sites for hydroxylation is 1. The Bertz CT molecular complexity index is 396. The maximum atomic E-state index is 11.3. The van der Waals surface area contributed by atoms with Gasteiger partial charge in [0.2, 0.25) is 0 Å². The number of carbonyl (C=O) groups excluding carboxylic acids is 1. The predicted octanol–water partition coefficient (Wildman–Crippen LogP) is 0.742. The second-order valence-corrected chi connectivity index (χ2v) is 4.18. The Balaban J connectivity index is 2.47. The summed E-state index contributed by atoms with van der Waals surface area (Å²) in [6.45, 7) is 5.70. The molecule has 5 nitrogen and oxygen atoms in total. The lowest BCUT2D eigenvalue weighted by Gasteiger charge is -2.06. The maximum Gasteiger partial charge on any atom is 0.254 e. The van der Waals surface area contributed by atoms with E-state index in [-0.39, 0.29) is 0 Å². The zero-order chi connectivity index (χ0) is 11.0. The van der Waals surface area contributed by atoms with Gasteiger partial charge >= 0.3 is 0 Å². The third-order valence-electron chi connectivity index (χ3n) is 2.79. The highest BCUT2D eigenvalue weighted by atomic mass is 16.1. The van der Waals surface area contributed by atoms with Gasteiger partial charge in [-0.3, -0.25) is 4.79 Å². The molecule has 5 heteroatoms. The van der Waals surface area contributed by atoms with Crippen molar-refractivity contribution in [3.05, 3.63) is 11.3 Å². The third-order valence-corrected chi connectivity index (χ3v) is 2.79. The summed E-state index contributed by atoms with van der Waals surface area (Å²) in [7, 11) is 0. The number of anilines is 1. The summed E-state index contributed by atoms with van der Waals surface area (Å²) in [5.74, 6) is 0.943. The number of rotatable bonds is 1. The van der Waals surface area contributed by atoms with Crippen LogP contribution in [-0.2, 0) is 6.54 Å². The first-order chi connectivity index (χ1) is 7.09. The van der Waals surface area contributed by atoms with Gasteiger partial charge in [-0.15, -0.1) is 0 Å². The van der Waals surface area contributed by atoms with E-state index < -0.39 is 5.91 Å². The van der Waals surface area contributed by atoms with E-state index in [0.717, 1.165) is 25.3 Å². The molecule has 2 rings (SSSR count). The van der Waals surface area contributed by atoms with E-state index in [4.69, 9.17) is 5.73 Å². The van der Waals surface area contributed by atoms with E-state index in [1.807, 2.05) is 11.6 Å².